The van der Waals surface area contributed by atoms with E-state index in [2.05, 4.69) is 10.4 Å². The second-order valence-electron chi connectivity index (χ2n) is 4.78. The fourth-order valence-electron chi connectivity index (χ4n) is 1.56. The Morgan fingerprint density at radius 3 is 2.47 bits per heavy atom. The summed E-state index contributed by atoms with van der Waals surface area (Å²) < 4.78 is 1.44. The molecule has 6 nitrogen and oxygen atoms in total. The molecule has 0 spiro atoms. The van der Waals surface area contributed by atoms with Gasteiger partial charge in [-0.1, -0.05) is 32.4 Å². The molecule has 1 atom stereocenters. The van der Waals surface area contributed by atoms with E-state index in [1.807, 2.05) is 13.8 Å². The van der Waals surface area contributed by atoms with Crippen LogP contribution in [0.4, 0.5) is 0 Å². The molecule has 0 radical (unpaired) electrons. The number of carboxylic acid groups (broad SMARTS) is 1. The first-order valence-electron chi connectivity index (χ1n) is 5.99. The van der Waals surface area contributed by atoms with E-state index >= 15 is 0 Å². The predicted molar refractivity (Wildman–Crippen MR) is 71.4 cm³/mol. The largest absolute Gasteiger partial charge is 0.481 e. The summed E-state index contributed by atoms with van der Waals surface area (Å²) in [7, 11) is 1.66. The van der Waals surface area contributed by atoms with Crippen molar-refractivity contribution >= 4 is 23.5 Å². The number of carbonyl (C=O) groups excluding carboxylic acids is 1. The average molecular weight is 288 g/mol. The summed E-state index contributed by atoms with van der Waals surface area (Å²) in [4.78, 5) is 22.8. The number of carboxylic acids is 1. The SMILES string of the molecule is CC(C)c1nn(C)c(Cl)c1C(=O)NC[C@H](C)C(=O)O. The molecule has 106 valence electrons. The maximum atomic E-state index is 12.1. The van der Waals surface area contributed by atoms with Crippen LogP contribution in [-0.4, -0.2) is 33.3 Å². The van der Waals surface area contributed by atoms with E-state index in [-0.39, 0.29) is 17.6 Å². The van der Waals surface area contributed by atoms with Gasteiger partial charge in [-0.2, -0.15) is 5.10 Å². The third kappa shape index (κ3) is 3.47. The van der Waals surface area contributed by atoms with Crippen molar-refractivity contribution in [1.29, 1.82) is 0 Å². The first-order valence-corrected chi connectivity index (χ1v) is 6.36. The Balaban J connectivity index is 2.91. The lowest BCUT2D eigenvalue weighted by Gasteiger charge is -2.09. The molecule has 1 aromatic rings. The fraction of sp³-hybridized carbons (Fsp3) is 0.583. The lowest BCUT2D eigenvalue weighted by Crippen LogP contribution is -2.32. The summed E-state index contributed by atoms with van der Waals surface area (Å²) in [5, 5.41) is 15.8. The van der Waals surface area contributed by atoms with Gasteiger partial charge in [-0.3, -0.25) is 14.3 Å². The number of nitrogens with zero attached hydrogens (tertiary/aromatic N) is 2. The summed E-state index contributed by atoms with van der Waals surface area (Å²) in [6.07, 6.45) is 0. The van der Waals surface area contributed by atoms with Crippen molar-refractivity contribution in [2.45, 2.75) is 26.7 Å². The molecule has 7 heteroatoms. The molecule has 0 aromatic carbocycles. The number of hydrogen-bond acceptors (Lipinski definition) is 3. The monoisotopic (exact) mass is 287 g/mol. The van der Waals surface area contributed by atoms with Gasteiger partial charge in [0.1, 0.15) is 5.15 Å². The van der Waals surface area contributed by atoms with E-state index in [0.29, 0.717) is 11.3 Å². The van der Waals surface area contributed by atoms with Gasteiger partial charge in [-0.05, 0) is 5.92 Å². The van der Waals surface area contributed by atoms with Gasteiger partial charge in [-0.25, -0.2) is 0 Å². The van der Waals surface area contributed by atoms with Crippen LogP contribution in [0.5, 0.6) is 0 Å². The van der Waals surface area contributed by atoms with Gasteiger partial charge in [0, 0.05) is 13.6 Å². The van der Waals surface area contributed by atoms with Crippen LogP contribution >= 0.6 is 11.6 Å². The molecule has 0 unspecified atom stereocenters. The zero-order chi connectivity index (χ0) is 14.7. The number of aryl methyl sites for hydroxylation is 1. The van der Waals surface area contributed by atoms with Gasteiger partial charge in [0.05, 0.1) is 17.2 Å². The fourth-order valence-corrected chi connectivity index (χ4v) is 1.78. The lowest BCUT2D eigenvalue weighted by atomic mass is 10.1. The maximum Gasteiger partial charge on any atom is 0.308 e. The van der Waals surface area contributed by atoms with Gasteiger partial charge in [0.15, 0.2) is 0 Å². The van der Waals surface area contributed by atoms with Crippen LogP contribution in [0.25, 0.3) is 0 Å². The smallest absolute Gasteiger partial charge is 0.308 e. The number of nitrogens with one attached hydrogen (secondary N) is 1. The second kappa shape index (κ2) is 6.06. The number of hydrogen-bond donors (Lipinski definition) is 2. The maximum absolute atomic E-state index is 12.1. The second-order valence-corrected chi connectivity index (χ2v) is 5.14. The third-order valence-electron chi connectivity index (χ3n) is 2.77. The van der Waals surface area contributed by atoms with Gasteiger partial charge < -0.3 is 10.4 Å². The highest BCUT2D eigenvalue weighted by atomic mass is 35.5. The first-order chi connectivity index (χ1) is 8.75. The van der Waals surface area contributed by atoms with E-state index < -0.39 is 17.8 Å². The summed E-state index contributed by atoms with van der Waals surface area (Å²) in [5.41, 5.74) is 0.921. The number of aromatic nitrogens is 2. The Morgan fingerprint density at radius 2 is 2.00 bits per heavy atom. The van der Waals surface area contributed by atoms with Crippen molar-refractivity contribution in [3.05, 3.63) is 16.4 Å². The Kier molecular flexibility index (Phi) is 4.94. The van der Waals surface area contributed by atoms with Crippen molar-refractivity contribution < 1.29 is 14.7 Å². The van der Waals surface area contributed by atoms with Crippen LogP contribution in [0.15, 0.2) is 0 Å². The molecular weight excluding hydrogens is 270 g/mol. The van der Waals surface area contributed by atoms with E-state index in [4.69, 9.17) is 16.7 Å². The number of rotatable bonds is 5. The van der Waals surface area contributed by atoms with Crippen LogP contribution in [0, 0.1) is 5.92 Å². The number of carbonyl (C=O) groups is 2. The molecule has 0 aliphatic rings. The van der Waals surface area contributed by atoms with Crippen LogP contribution in [0.2, 0.25) is 5.15 Å². The summed E-state index contributed by atoms with van der Waals surface area (Å²) >= 11 is 6.05. The molecule has 1 aromatic heterocycles. The van der Waals surface area contributed by atoms with Crippen molar-refractivity contribution in [3.63, 3.8) is 0 Å². The standard InChI is InChI=1S/C12H18ClN3O3/c1-6(2)9-8(10(13)16(4)15-9)11(17)14-5-7(3)12(18)19/h6-7H,5H2,1-4H3,(H,14,17)(H,18,19)/t7-/m0/s1. The van der Waals surface area contributed by atoms with Crippen LogP contribution in [-0.2, 0) is 11.8 Å². The van der Waals surface area contributed by atoms with Crippen LogP contribution in [0.1, 0.15) is 42.7 Å². The molecule has 0 aliphatic carbocycles. The molecule has 0 fully saturated rings. The molecule has 2 N–H and O–H groups in total. The van der Waals surface area contributed by atoms with E-state index in [1.54, 1.807) is 7.05 Å². The first kappa shape index (κ1) is 15.5. The summed E-state index contributed by atoms with van der Waals surface area (Å²) in [5.74, 6) is -1.95. The third-order valence-corrected chi connectivity index (χ3v) is 3.20. The summed E-state index contributed by atoms with van der Waals surface area (Å²) in [6, 6.07) is 0. The highest BCUT2D eigenvalue weighted by molar-refractivity contribution is 6.33. The van der Waals surface area contributed by atoms with E-state index in [1.165, 1.54) is 11.6 Å². The molecule has 19 heavy (non-hydrogen) atoms. The van der Waals surface area contributed by atoms with E-state index in [0.717, 1.165) is 0 Å². The van der Waals surface area contributed by atoms with Crippen LogP contribution < -0.4 is 5.32 Å². The number of aliphatic carboxylic acids is 1. The van der Waals surface area contributed by atoms with Crippen molar-refractivity contribution in [3.8, 4) is 0 Å². The molecule has 1 heterocycles. The zero-order valence-corrected chi connectivity index (χ0v) is 12.2. The summed E-state index contributed by atoms with van der Waals surface area (Å²) in [6.45, 7) is 5.40. The molecular formula is C12H18ClN3O3. The van der Waals surface area contributed by atoms with Gasteiger partial charge >= 0.3 is 5.97 Å². The van der Waals surface area contributed by atoms with Crippen molar-refractivity contribution in [1.82, 2.24) is 15.1 Å². The van der Waals surface area contributed by atoms with Crippen LogP contribution in [0.3, 0.4) is 0 Å². The lowest BCUT2D eigenvalue weighted by molar-refractivity contribution is -0.140. The van der Waals surface area contributed by atoms with Crippen molar-refractivity contribution in [2.24, 2.45) is 13.0 Å². The molecule has 0 bridgehead atoms. The molecule has 0 aliphatic heterocycles. The number of halogens is 1. The quantitative estimate of drug-likeness (QED) is 0.862. The zero-order valence-electron chi connectivity index (χ0n) is 11.4. The van der Waals surface area contributed by atoms with Gasteiger partial charge in [0.25, 0.3) is 5.91 Å². The van der Waals surface area contributed by atoms with Crippen molar-refractivity contribution in [2.75, 3.05) is 6.54 Å². The minimum Gasteiger partial charge on any atom is -0.481 e. The molecule has 0 saturated carbocycles. The molecule has 1 amide bonds. The Labute approximate surface area is 116 Å². The normalized spacial score (nSPS) is 12.5. The Bertz CT molecular complexity index is 497. The van der Waals surface area contributed by atoms with E-state index in [9.17, 15) is 9.59 Å². The Morgan fingerprint density at radius 1 is 1.42 bits per heavy atom. The highest BCUT2D eigenvalue weighted by Crippen LogP contribution is 2.25. The predicted octanol–water partition coefficient (Wildman–Crippen LogP) is 1.65. The minimum atomic E-state index is -0.957. The minimum absolute atomic E-state index is 0.0522. The number of amides is 1. The molecule has 1 rings (SSSR count). The topological polar surface area (TPSA) is 84.2 Å². The van der Waals surface area contributed by atoms with Gasteiger partial charge in [0.2, 0.25) is 0 Å². The molecule has 0 saturated heterocycles. The average Bonchev–Trinajstić information content (AvgIpc) is 2.62. The highest BCUT2D eigenvalue weighted by Gasteiger charge is 2.24. The van der Waals surface area contributed by atoms with Gasteiger partial charge in [-0.15, -0.1) is 0 Å². The Hall–Kier alpha value is -1.56.